The van der Waals surface area contributed by atoms with Crippen molar-refractivity contribution in [2.75, 3.05) is 5.75 Å². The van der Waals surface area contributed by atoms with Gasteiger partial charge in [-0.15, -0.1) is 0 Å². The molecule has 144 valence electrons. The molecule has 0 N–H and O–H groups in total. The molecule has 4 rings (SSSR count). The van der Waals surface area contributed by atoms with Gasteiger partial charge < -0.3 is 9.29 Å². The van der Waals surface area contributed by atoms with Gasteiger partial charge in [0.05, 0.1) is 22.7 Å². The van der Waals surface area contributed by atoms with Gasteiger partial charge in [0, 0.05) is 5.39 Å². The van der Waals surface area contributed by atoms with E-state index >= 15 is 0 Å². The van der Waals surface area contributed by atoms with Crippen LogP contribution >= 0.6 is 0 Å². The van der Waals surface area contributed by atoms with Crippen LogP contribution in [0.15, 0.2) is 59.5 Å². The fraction of sp³-hybridized carbons (Fsp3) is 0.304. The molecule has 2 unspecified atom stereocenters. The van der Waals surface area contributed by atoms with E-state index in [2.05, 4.69) is 11.9 Å². The predicted octanol–water partition coefficient (Wildman–Crippen LogP) is 4.92. The summed E-state index contributed by atoms with van der Waals surface area (Å²) in [6.45, 7) is 2.42. The van der Waals surface area contributed by atoms with Crippen LogP contribution in [-0.2, 0) is 17.8 Å². The Morgan fingerprint density at radius 2 is 2.04 bits per heavy atom. The molecule has 1 aromatic heterocycles. The van der Waals surface area contributed by atoms with Gasteiger partial charge in [0.2, 0.25) is 0 Å². The molecule has 0 bridgehead atoms. The number of carbonyl (C=O) groups is 1. The van der Waals surface area contributed by atoms with Crippen molar-refractivity contribution in [1.82, 2.24) is 4.98 Å². The van der Waals surface area contributed by atoms with Crippen LogP contribution in [0, 0.1) is 5.92 Å². The van der Waals surface area contributed by atoms with Crippen LogP contribution in [0.5, 0.6) is 5.75 Å². The third kappa shape index (κ3) is 3.91. The van der Waals surface area contributed by atoms with E-state index < -0.39 is 11.2 Å². The van der Waals surface area contributed by atoms with Gasteiger partial charge in [-0.05, 0) is 47.9 Å². The van der Waals surface area contributed by atoms with E-state index in [-0.39, 0.29) is 11.7 Å². The molecule has 2 heterocycles. The lowest BCUT2D eigenvalue weighted by molar-refractivity contribution is 0.0916. The number of rotatable bonds is 6. The van der Waals surface area contributed by atoms with Crippen molar-refractivity contribution < 1.29 is 14.1 Å². The Balaban J connectivity index is 1.51. The Morgan fingerprint density at radius 3 is 2.89 bits per heavy atom. The van der Waals surface area contributed by atoms with Gasteiger partial charge in [-0.1, -0.05) is 44.0 Å². The van der Waals surface area contributed by atoms with Crippen molar-refractivity contribution in [2.24, 2.45) is 5.92 Å². The van der Waals surface area contributed by atoms with Gasteiger partial charge in [-0.2, -0.15) is 0 Å². The van der Waals surface area contributed by atoms with Crippen LogP contribution in [0.2, 0.25) is 0 Å². The van der Waals surface area contributed by atoms with Crippen LogP contribution in [0.25, 0.3) is 10.9 Å². The fourth-order valence-electron chi connectivity index (χ4n) is 3.57. The third-order valence-corrected chi connectivity index (χ3v) is 6.69. The lowest BCUT2D eigenvalue weighted by atomic mass is 9.93. The summed E-state index contributed by atoms with van der Waals surface area (Å²) in [6.07, 6.45) is 2.81. The van der Waals surface area contributed by atoms with E-state index in [4.69, 9.17) is 4.74 Å². The summed E-state index contributed by atoms with van der Waals surface area (Å²) < 4.78 is 18.4. The summed E-state index contributed by atoms with van der Waals surface area (Å²) in [5.74, 6) is 0.991. The number of hydrogen-bond acceptors (Lipinski definition) is 4. The minimum absolute atomic E-state index is 0.0948. The predicted molar refractivity (Wildman–Crippen MR) is 111 cm³/mol. The number of carbonyl (C=O) groups excluding carboxylic acids is 1. The molecular formula is C23H23NO3S. The highest BCUT2D eigenvalue weighted by molar-refractivity contribution is 7.91. The maximum absolute atomic E-state index is 12.8. The van der Waals surface area contributed by atoms with Gasteiger partial charge in [0.1, 0.15) is 18.1 Å². The molecule has 2 atom stereocenters. The van der Waals surface area contributed by atoms with Crippen molar-refractivity contribution in [3.63, 3.8) is 0 Å². The molecule has 1 aliphatic rings. The summed E-state index contributed by atoms with van der Waals surface area (Å²) in [5, 5.41) is 1.09. The summed E-state index contributed by atoms with van der Waals surface area (Å²) in [5.41, 5.74) is 2.31. The Morgan fingerprint density at radius 1 is 1.18 bits per heavy atom. The van der Waals surface area contributed by atoms with Crippen molar-refractivity contribution in [1.29, 1.82) is 0 Å². The Hall–Kier alpha value is -2.37. The SMILES string of the molecule is CCCCC1C[S+]([O-])c2ccc(OCc3ccc4ccccc4n3)cc2C1=O. The van der Waals surface area contributed by atoms with Crippen LogP contribution in [0.1, 0.15) is 42.2 Å². The first kappa shape index (κ1) is 19.0. The van der Waals surface area contributed by atoms with Gasteiger partial charge in [-0.25, -0.2) is 4.98 Å². The number of para-hydroxylation sites is 1. The number of hydrogen-bond donors (Lipinski definition) is 0. The Bertz CT molecular complexity index is 1000. The number of benzene rings is 2. The maximum Gasteiger partial charge on any atom is 0.175 e. The molecule has 0 fully saturated rings. The molecule has 3 aromatic rings. The molecule has 5 heteroatoms. The molecular weight excluding hydrogens is 370 g/mol. The summed E-state index contributed by atoms with van der Waals surface area (Å²) in [6, 6.07) is 17.2. The standard InChI is InChI=1S/C23H23NO3S/c1-2-3-6-17-15-28(26)22-12-11-19(13-20(22)23(17)25)27-14-18-10-9-16-7-4-5-8-21(16)24-18/h4-5,7-13,17H,2-3,6,14-15H2,1H3. The van der Waals surface area contributed by atoms with Crippen molar-refractivity contribution in [3.8, 4) is 5.75 Å². The number of ketones is 1. The monoisotopic (exact) mass is 393 g/mol. The second-order valence-corrected chi connectivity index (χ2v) is 8.62. The van der Waals surface area contributed by atoms with E-state index in [1.807, 2.05) is 36.4 Å². The van der Waals surface area contributed by atoms with Crippen molar-refractivity contribution in [3.05, 3.63) is 65.9 Å². The summed E-state index contributed by atoms with van der Waals surface area (Å²) in [7, 11) is 0. The van der Waals surface area contributed by atoms with Crippen LogP contribution in [0.3, 0.4) is 0 Å². The topological polar surface area (TPSA) is 62.2 Å². The number of fused-ring (bicyclic) bond motifs is 2. The number of nitrogens with zero attached hydrogens (tertiary/aromatic N) is 1. The molecule has 0 spiro atoms. The molecule has 28 heavy (non-hydrogen) atoms. The smallest absolute Gasteiger partial charge is 0.175 e. The van der Waals surface area contributed by atoms with Crippen LogP contribution in [-0.4, -0.2) is 21.1 Å². The molecule has 0 radical (unpaired) electrons. The highest BCUT2D eigenvalue weighted by atomic mass is 32.2. The van der Waals surface area contributed by atoms with E-state index in [0.29, 0.717) is 28.6 Å². The number of pyridine rings is 1. The second-order valence-electron chi connectivity index (χ2n) is 7.16. The average molecular weight is 394 g/mol. The number of unbranched alkanes of at least 4 members (excludes halogenated alkanes) is 1. The molecule has 0 amide bonds. The average Bonchev–Trinajstić information content (AvgIpc) is 2.73. The first-order valence-electron chi connectivity index (χ1n) is 9.70. The molecule has 0 saturated heterocycles. The zero-order valence-electron chi connectivity index (χ0n) is 15.9. The highest BCUT2D eigenvalue weighted by Crippen LogP contribution is 2.33. The van der Waals surface area contributed by atoms with Gasteiger partial charge >= 0.3 is 0 Å². The number of Topliss-reactive ketones (excluding diaryl/α,β-unsaturated/α-hetero) is 1. The second kappa shape index (κ2) is 8.33. The van der Waals surface area contributed by atoms with Gasteiger partial charge in [0.25, 0.3) is 0 Å². The normalized spacial score (nSPS) is 18.9. The fourth-order valence-corrected chi connectivity index (χ4v) is 5.06. The van der Waals surface area contributed by atoms with Crippen molar-refractivity contribution >= 4 is 27.9 Å². The lowest BCUT2D eigenvalue weighted by Gasteiger charge is -2.25. The Kier molecular flexibility index (Phi) is 5.64. The highest BCUT2D eigenvalue weighted by Gasteiger charge is 2.36. The first-order valence-corrected chi connectivity index (χ1v) is 11.0. The van der Waals surface area contributed by atoms with Crippen LogP contribution < -0.4 is 4.74 Å². The Labute approximate surface area is 168 Å². The molecule has 2 aromatic carbocycles. The lowest BCUT2D eigenvalue weighted by Crippen LogP contribution is -2.31. The summed E-state index contributed by atoms with van der Waals surface area (Å²) >= 11 is -1.12. The molecule has 1 aliphatic heterocycles. The van der Waals surface area contributed by atoms with Gasteiger partial charge in [-0.3, -0.25) is 4.79 Å². The largest absolute Gasteiger partial charge is 0.611 e. The molecule has 4 nitrogen and oxygen atoms in total. The zero-order chi connectivity index (χ0) is 19.5. The van der Waals surface area contributed by atoms with E-state index in [0.717, 1.165) is 35.9 Å². The van der Waals surface area contributed by atoms with Crippen molar-refractivity contribution in [2.45, 2.75) is 37.7 Å². The first-order chi connectivity index (χ1) is 13.7. The zero-order valence-corrected chi connectivity index (χ0v) is 16.7. The van der Waals surface area contributed by atoms with Gasteiger partial charge in [0.15, 0.2) is 10.7 Å². The minimum Gasteiger partial charge on any atom is -0.611 e. The molecule has 0 saturated carbocycles. The maximum atomic E-state index is 12.8. The molecule has 0 aliphatic carbocycles. The number of ether oxygens (including phenoxy) is 1. The van der Waals surface area contributed by atoms with E-state index in [1.54, 1.807) is 18.2 Å². The van der Waals surface area contributed by atoms with E-state index in [1.165, 1.54) is 0 Å². The third-order valence-electron chi connectivity index (χ3n) is 5.13. The van der Waals surface area contributed by atoms with Crippen LogP contribution in [0.4, 0.5) is 0 Å². The minimum atomic E-state index is -1.12. The summed E-state index contributed by atoms with van der Waals surface area (Å²) in [4.78, 5) is 18.1. The van der Waals surface area contributed by atoms with E-state index in [9.17, 15) is 9.35 Å². The quantitative estimate of drug-likeness (QED) is 0.558. The number of aromatic nitrogens is 1.